The Bertz CT molecular complexity index is 426. The van der Waals surface area contributed by atoms with E-state index in [-0.39, 0.29) is 18.3 Å². The quantitative estimate of drug-likeness (QED) is 0.894. The Morgan fingerprint density at radius 3 is 2.70 bits per heavy atom. The van der Waals surface area contributed by atoms with Crippen LogP contribution in [0.1, 0.15) is 32.1 Å². The summed E-state index contributed by atoms with van der Waals surface area (Å²) in [5.41, 5.74) is 0. The maximum Gasteiger partial charge on any atom is 0.224 e. The highest BCUT2D eigenvalue weighted by Gasteiger charge is 2.36. The smallest absolute Gasteiger partial charge is 0.224 e. The molecule has 2 bridgehead atoms. The molecule has 20 heavy (non-hydrogen) atoms. The summed E-state index contributed by atoms with van der Waals surface area (Å²) in [5, 5.41) is 11.2. The highest BCUT2D eigenvalue weighted by molar-refractivity contribution is 5.85. The summed E-state index contributed by atoms with van der Waals surface area (Å²) in [6.07, 6.45) is 8.66. The molecule has 6 nitrogen and oxygen atoms in total. The van der Waals surface area contributed by atoms with Crippen molar-refractivity contribution in [3.8, 4) is 0 Å². The Morgan fingerprint density at radius 2 is 2.10 bits per heavy atom. The van der Waals surface area contributed by atoms with Crippen LogP contribution in [-0.4, -0.2) is 51.0 Å². The summed E-state index contributed by atoms with van der Waals surface area (Å²) in [4.78, 5) is 14.2. The summed E-state index contributed by atoms with van der Waals surface area (Å²) >= 11 is 0. The van der Waals surface area contributed by atoms with Gasteiger partial charge in [-0.25, -0.2) is 0 Å². The van der Waals surface area contributed by atoms with Crippen LogP contribution in [0.5, 0.6) is 0 Å². The van der Waals surface area contributed by atoms with E-state index in [2.05, 4.69) is 15.6 Å². The van der Waals surface area contributed by atoms with Crippen molar-refractivity contribution in [3.05, 3.63) is 12.4 Å². The van der Waals surface area contributed by atoms with Crippen molar-refractivity contribution < 1.29 is 4.79 Å². The number of aromatic nitrogens is 3. The molecule has 0 aromatic carbocycles. The largest absolute Gasteiger partial charge is 0.343 e. The molecule has 7 heteroatoms. The lowest BCUT2D eigenvalue weighted by Crippen LogP contribution is -2.48. The lowest BCUT2D eigenvalue weighted by molar-refractivity contribution is -0.133. The second kappa shape index (κ2) is 6.54. The zero-order valence-electron chi connectivity index (χ0n) is 11.7. The number of amides is 1. The number of nitrogens with one attached hydrogen (secondary N) is 1. The Balaban J connectivity index is 0.00000147. The monoisotopic (exact) mass is 299 g/mol. The van der Waals surface area contributed by atoms with Crippen molar-refractivity contribution in [2.45, 2.75) is 56.8 Å². The molecule has 0 spiro atoms. The van der Waals surface area contributed by atoms with Crippen molar-refractivity contribution in [2.75, 3.05) is 7.05 Å². The molecule has 0 radical (unpaired) electrons. The SMILES string of the molecule is CN(C(=O)CCn1ccnn1)C1CC2CCC(C1)N2.Cl. The van der Waals surface area contributed by atoms with Crippen LogP contribution in [0.15, 0.2) is 12.4 Å². The predicted octanol–water partition coefficient (Wildman–Crippen LogP) is 0.831. The Morgan fingerprint density at radius 1 is 1.40 bits per heavy atom. The number of nitrogens with zero attached hydrogens (tertiary/aromatic N) is 4. The first-order valence-corrected chi connectivity index (χ1v) is 7.08. The van der Waals surface area contributed by atoms with Gasteiger partial charge in [0, 0.05) is 37.8 Å². The lowest BCUT2D eigenvalue weighted by Gasteiger charge is -2.35. The number of carbonyl (C=O) groups excluding carboxylic acids is 1. The van der Waals surface area contributed by atoms with Gasteiger partial charge in [-0.05, 0) is 25.7 Å². The first-order valence-electron chi connectivity index (χ1n) is 7.08. The highest BCUT2D eigenvalue weighted by atomic mass is 35.5. The molecule has 1 aromatic rings. The predicted molar refractivity (Wildman–Crippen MR) is 77.6 cm³/mol. The van der Waals surface area contributed by atoms with E-state index in [0.717, 1.165) is 12.8 Å². The zero-order valence-corrected chi connectivity index (χ0v) is 12.6. The number of fused-ring (bicyclic) bond motifs is 2. The molecule has 1 N–H and O–H groups in total. The third-order valence-corrected chi connectivity index (χ3v) is 4.42. The number of halogens is 1. The summed E-state index contributed by atoms with van der Waals surface area (Å²) in [5.74, 6) is 0.210. The van der Waals surface area contributed by atoms with Gasteiger partial charge in [-0.3, -0.25) is 9.48 Å². The maximum absolute atomic E-state index is 12.2. The van der Waals surface area contributed by atoms with E-state index in [1.807, 2.05) is 11.9 Å². The van der Waals surface area contributed by atoms with E-state index in [9.17, 15) is 4.79 Å². The van der Waals surface area contributed by atoms with Gasteiger partial charge in [-0.1, -0.05) is 5.21 Å². The van der Waals surface area contributed by atoms with Crippen LogP contribution in [0.25, 0.3) is 0 Å². The van der Waals surface area contributed by atoms with Gasteiger partial charge in [0.05, 0.1) is 12.7 Å². The molecule has 0 aliphatic carbocycles. The summed E-state index contributed by atoms with van der Waals surface area (Å²) in [6, 6.07) is 1.64. The van der Waals surface area contributed by atoms with Gasteiger partial charge in [0.1, 0.15) is 0 Å². The first kappa shape index (κ1) is 15.3. The van der Waals surface area contributed by atoms with Gasteiger partial charge in [-0.2, -0.15) is 0 Å². The van der Waals surface area contributed by atoms with Crippen LogP contribution in [-0.2, 0) is 11.3 Å². The Kier molecular flexibility index (Phi) is 4.99. The average Bonchev–Trinajstić information content (AvgIpc) is 3.05. The lowest BCUT2D eigenvalue weighted by atomic mass is 9.98. The first-order chi connectivity index (χ1) is 9.22. The van der Waals surface area contributed by atoms with Gasteiger partial charge in [-0.15, -0.1) is 17.5 Å². The molecular weight excluding hydrogens is 278 g/mol. The van der Waals surface area contributed by atoms with Crippen molar-refractivity contribution in [3.63, 3.8) is 0 Å². The van der Waals surface area contributed by atoms with Crippen LogP contribution >= 0.6 is 12.4 Å². The van der Waals surface area contributed by atoms with E-state index in [0.29, 0.717) is 31.1 Å². The minimum Gasteiger partial charge on any atom is -0.343 e. The number of hydrogen-bond acceptors (Lipinski definition) is 4. The molecule has 2 saturated heterocycles. The molecular formula is C13H22ClN5O. The fourth-order valence-electron chi connectivity index (χ4n) is 3.29. The number of piperidine rings is 1. The van der Waals surface area contributed by atoms with E-state index >= 15 is 0 Å². The molecule has 2 fully saturated rings. The Labute approximate surface area is 125 Å². The molecule has 2 atom stereocenters. The third kappa shape index (κ3) is 3.30. The fourth-order valence-corrected chi connectivity index (χ4v) is 3.29. The number of hydrogen-bond donors (Lipinski definition) is 1. The molecule has 2 aliphatic rings. The second-order valence-electron chi connectivity index (χ2n) is 5.68. The minimum absolute atomic E-state index is 0. The van der Waals surface area contributed by atoms with E-state index in [1.165, 1.54) is 12.8 Å². The molecule has 3 heterocycles. The molecule has 1 amide bonds. The van der Waals surface area contributed by atoms with Crippen molar-refractivity contribution in [2.24, 2.45) is 0 Å². The molecule has 112 valence electrons. The molecule has 1 aromatic heterocycles. The van der Waals surface area contributed by atoms with Gasteiger partial charge in [0.2, 0.25) is 5.91 Å². The number of aryl methyl sites for hydroxylation is 1. The van der Waals surface area contributed by atoms with E-state index < -0.39 is 0 Å². The minimum atomic E-state index is 0. The van der Waals surface area contributed by atoms with Crippen LogP contribution in [0, 0.1) is 0 Å². The van der Waals surface area contributed by atoms with Gasteiger partial charge < -0.3 is 10.2 Å². The van der Waals surface area contributed by atoms with Crippen molar-refractivity contribution in [1.82, 2.24) is 25.2 Å². The van der Waals surface area contributed by atoms with E-state index in [4.69, 9.17) is 0 Å². The molecule has 0 saturated carbocycles. The standard InChI is InChI=1S/C13H21N5O.ClH/c1-17(12-8-10-2-3-11(9-12)15-10)13(19)4-6-18-7-5-14-16-18;/h5,7,10-12,15H,2-4,6,8-9H2,1H3;1H. The maximum atomic E-state index is 12.2. The third-order valence-electron chi connectivity index (χ3n) is 4.42. The molecule has 2 aliphatic heterocycles. The van der Waals surface area contributed by atoms with E-state index in [1.54, 1.807) is 17.1 Å². The second-order valence-corrected chi connectivity index (χ2v) is 5.68. The normalized spacial score (nSPS) is 27.9. The molecule has 3 rings (SSSR count). The fraction of sp³-hybridized carbons (Fsp3) is 0.769. The Hall–Kier alpha value is -1.14. The summed E-state index contributed by atoms with van der Waals surface area (Å²) in [6.45, 7) is 0.612. The number of carbonyl (C=O) groups is 1. The zero-order chi connectivity index (χ0) is 13.2. The number of rotatable bonds is 4. The topological polar surface area (TPSA) is 63.1 Å². The average molecular weight is 300 g/mol. The van der Waals surface area contributed by atoms with Gasteiger partial charge >= 0.3 is 0 Å². The van der Waals surface area contributed by atoms with Gasteiger partial charge in [0.15, 0.2) is 0 Å². The van der Waals surface area contributed by atoms with Crippen LogP contribution in [0.4, 0.5) is 0 Å². The van der Waals surface area contributed by atoms with Crippen LogP contribution in [0.3, 0.4) is 0 Å². The summed E-state index contributed by atoms with van der Waals surface area (Å²) in [7, 11) is 1.94. The summed E-state index contributed by atoms with van der Waals surface area (Å²) < 4.78 is 1.71. The van der Waals surface area contributed by atoms with Crippen LogP contribution in [0.2, 0.25) is 0 Å². The highest BCUT2D eigenvalue weighted by Crippen LogP contribution is 2.29. The van der Waals surface area contributed by atoms with Crippen molar-refractivity contribution in [1.29, 1.82) is 0 Å². The van der Waals surface area contributed by atoms with Gasteiger partial charge in [0.25, 0.3) is 0 Å². The molecule has 2 unspecified atom stereocenters. The van der Waals surface area contributed by atoms with Crippen molar-refractivity contribution >= 4 is 18.3 Å². The van der Waals surface area contributed by atoms with Crippen LogP contribution < -0.4 is 5.32 Å².